The lowest BCUT2D eigenvalue weighted by atomic mass is 9.86. The highest BCUT2D eigenvalue weighted by Gasteiger charge is 2.45. The van der Waals surface area contributed by atoms with Gasteiger partial charge in [-0.25, -0.2) is 18.9 Å². The number of aliphatic imine (C=N–C) groups is 1. The molecule has 6 heterocycles. The van der Waals surface area contributed by atoms with Crippen LogP contribution in [0.2, 0.25) is 0 Å². The Morgan fingerprint density at radius 2 is 2.07 bits per heavy atom. The predicted molar refractivity (Wildman–Crippen MR) is 154 cm³/mol. The minimum absolute atomic E-state index is 0.102. The van der Waals surface area contributed by atoms with Gasteiger partial charge in [0, 0.05) is 55.3 Å². The SMILES string of the molecule is C=C(F)/C(CN1C2CC1CN(c1ccc(-c3cc(OCC(C)(C)O)cn4ncc(C#N)c34)cn1)C2)=C(\N=C/C)OC. The largest absolute Gasteiger partial charge is 0.489 e. The molecule has 0 saturated carbocycles. The van der Waals surface area contributed by atoms with E-state index in [-0.39, 0.29) is 24.6 Å². The molecule has 2 atom stereocenters. The second-order valence-electron chi connectivity index (χ2n) is 11.0. The molecule has 3 aromatic heterocycles. The zero-order valence-corrected chi connectivity index (χ0v) is 23.7. The summed E-state index contributed by atoms with van der Waals surface area (Å²) in [5, 5.41) is 24.1. The molecule has 3 aliphatic heterocycles. The molecule has 3 fully saturated rings. The standard InChI is InChI=1S/C30H34FN7O3/c1-6-33-29(40-5)26(19(2)31)17-37-22-9-23(37)15-36(14-22)27-8-7-20(12-34-27)25-10-24(41-18-30(3,4)39)16-38-28(25)21(11-32)13-35-38/h6-8,10,12-13,16,22-23,39H,2,9,14-15,17-18H2,1,3-5H3/b29-26+,33-6-. The number of fused-ring (bicyclic) bond motifs is 3. The minimum Gasteiger partial charge on any atom is -0.489 e. The highest BCUT2D eigenvalue weighted by atomic mass is 19.1. The van der Waals surface area contributed by atoms with Crippen LogP contribution in [-0.4, -0.2) is 81.9 Å². The van der Waals surface area contributed by atoms with Gasteiger partial charge in [-0.3, -0.25) is 4.90 Å². The zero-order valence-electron chi connectivity index (χ0n) is 23.7. The third-order valence-corrected chi connectivity index (χ3v) is 7.39. The molecule has 0 amide bonds. The zero-order chi connectivity index (χ0) is 29.3. The quantitative estimate of drug-likeness (QED) is 0.224. The maximum atomic E-state index is 14.3. The summed E-state index contributed by atoms with van der Waals surface area (Å²) in [6.07, 6.45) is 7.62. The summed E-state index contributed by atoms with van der Waals surface area (Å²) in [6, 6.07) is 8.50. The molecule has 3 aliphatic rings. The van der Waals surface area contributed by atoms with Gasteiger partial charge in [0.1, 0.15) is 30.1 Å². The molecular formula is C30H34FN7O3. The van der Waals surface area contributed by atoms with E-state index in [1.54, 1.807) is 43.9 Å². The lowest BCUT2D eigenvalue weighted by molar-refractivity contribution is 0.00709. The van der Waals surface area contributed by atoms with Crippen LogP contribution in [0.15, 0.2) is 65.6 Å². The molecular weight excluding hydrogens is 525 g/mol. The Morgan fingerprint density at radius 1 is 1.32 bits per heavy atom. The van der Waals surface area contributed by atoms with Crippen LogP contribution in [0.5, 0.6) is 5.75 Å². The number of halogens is 1. The molecule has 3 saturated heterocycles. The van der Waals surface area contributed by atoms with Crippen LogP contribution in [0.4, 0.5) is 10.2 Å². The maximum absolute atomic E-state index is 14.3. The van der Waals surface area contributed by atoms with Crippen LogP contribution in [0.1, 0.15) is 32.8 Å². The molecule has 0 spiro atoms. The van der Waals surface area contributed by atoms with Gasteiger partial charge in [-0.05, 0) is 45.4 Å². The van der Waals surface area contributed by atoms with Crippen molar-refractivity contribution in [3.63, 3.8) is 0 Å². The molecule has 2 unspecified atom stereocenters. The average Bonchev–Trinajstić information content (AvgIpc) is 3.38. The molecule has 3 aromatic rings. The fourth-order valence-electron chi connectivity index (χ4n) is 5.43. The Kier molecular flexibility index (Phi) is 7.80. The Hall–Kier alpha value is -4.27. The third kappa shape index (κ3) is 5.80. The fourth-order valence-corrected chi connectivity index (χ4v) is 5.43. The van der Waals surface area contributed by atoms with E-state index in [1.165, 1.54) is 13.3 Å². The minimum atomic E-state index is -1.00. The van der Waals surface area contributed by atoms with Crippen LogP contribution >= 0.6 is 0 Å². The number of aromatic nitrogens is 3. The second-order valence-corrected chi connectivity index (χ2v) is 11.0. The summed E-state index contributed by atoms with van der Waals surface area (Å²) in [7, 11) is 1.48. The topological polar surface area (TPSA) is 112 Å². The van der Waals surface area contributed by atoms with Gasteiger partial charge in [-0.1, -0.05) is 6.58 Å². The van der Waals surface area contributed by atoms with E-state index in [4.69, 9.17) is 14.5 Å². The van der Waals surface area contributed by atoms with Crippen molar-refractivity contribution in [2.45, 2.75) is 44.9 Å². The molecule has 6 rings (SSSR count). The van der Waals surface area contributed by atoms with Gasteiger partial charge >= 0.3 is 0 Å². The van der Waals surface area contributed by atoms with E-state index in [0.717, 1.165) is 36.5 Å². The fraction of sp³-hybridized carbons (Fsp3) is 0.400. The lowest BCUT2D eigenvalue weighted by Gasteiger charge is -2.56. The maximum Gasteiger partial charge on any atom is 0.220 e. The molecule has 41 heavy (non-hydrogen) atoms. The number of nitrogens with zero attached hydrogens (tertiary/aromatic N) is 7. The van der Waals surface area contributed by atoms with Gasteiger partial charge < -0.3 is 19.5 Å². The van der Waals surface area contributed by atoms with Crippen molar-refractivity contribution in [2.75, 3.05) is 38.3 Å². The number of anilines is 1. The first-order valence-corrected chi connectivity index (χ1v) is 13.5. The molecule has 214 valence electrons. The monoisotopic (exact) mass is 559 g/mol. The van der Waals surface area contributed by atoms with Crippen molar-refractivity contribution in [1.82, 2.24) is 19.5 Å². The highest BCUT2D eigenvalue weighted by molar-refractivity contribution is 5.85. The molecule has 1 N–H and O–H groups in total. The van der Waals surface area contributed by atoms with Crippen molar-refractivity contribution >= 4 is 17.5 Å². The summed E-state index contributed by atoms with van der Waals surface area (Å²) >= 11 is 0. The van der Waals surface area contributed by atoms with Gasteiger partial charge in [0.05, 0.1) is 41.8 Å². The second kappa shape index (κ2) is 11.3. The van der Waals surface area contributed by atoms with Crippen molar-refractivity contribution in [2.24, 2.45) is 4.99 Å². The Bertz CT molecular complexity index is 1540. The van der Waals surface area contributed by atoms with Gasteiger partial charge in [-0.2, -0.15) is 10.4 Å². The van der Waals surface area contributed by atoms with E-state index in [0.29, 0.717) is 28.9 Å². The number of methoxy groups -OCH3 is 1. The number of piperazine rings is 1. The van der Waals surface area contributed by atoms with Gasteiger partial charge in [0.15, 0.2) is 0 Å². The molecule has 10 nitrogen and oxygen atoms in total. The van der Waals surface area contributed by atoms with E-state index in [1.807, 2.05) is 18.2 Å². The van der Waals surface area contributed by atoms with Crippen LogP contribution in [0.25, 0.3) is 16.6 Å². The number of nitriles is 1. The van der Waals surface area contributed by atoms with Crippen molar-refractivity contribution in [3.8, 4) is 22.9 Å². The summed E-state index contributed by atoms with van der Waals surface area (Å²) in [4.78, 5) is 13.4. The normalized spacial score (nSPS) is 19.6. The molecule has 11 heteroatoms. The van der Waals surface area contributed by atoms with Gasteiger partial charge in [0.2, 0.25) is 5.88 Å². The third-order valence-electron chi connectivity index (χ3n) is 7.39. The predicted octanol–water partition coefficient (Wildman–Crippen LogP) is 4.11. The van der Waals surface area contributed by atoms with Crippen LogP contribution in [-0.2, 0) is 4.74 Å². The summed E-state index contributed by atoms with van der Waals surface area (Å²) in [6.45, 7) is 10.6. The van der Waals surface area contributed by atoms with Crippen LogP contribution in [0, 0.1) is 11.3 Å². The number of ether oxygens (including phenoxy) is 2. The smallest absolute Gasteiger partial charge is 0.220 e. The van der Waals surface area contributed by atoms with E-state index >= 15 is 0 Å². The lowest BCUT2D eigenvalue weighted by Crippen LogP contribution is -2.69. The number of hydrogen-bond acceptors (Lipinski definition) is 9. The van der Waals surface area contributed by atoms with Gasteiger partial charge in [0.25, 0.3) is 0 Å². The first-order valence-electron chi connectivity index (χ1n) is 13.5. The van der Waals surface area contributed by atoms with Crippen LogP contribution in [0.3, 0.4) is 0 Å². The van der Waals surface area contributed by atoms with Gasteiger partial charge in [-0.15, -0.1) is 0 Å². The molecule has 0 aliphatic carbocycles. The Balaban J connectivity index is 1.35. The van der Waals surface area contributed by atoms with Crippen molar-refractivity contribution in [1.29, 1.82) is 5.26 Å². The van der Waals surface area contributed by atoms with Crippen molar-refractivity contribution in [3.05, 3.63) is 66.2 Å². The summed E-state index contributed by atoms with van der Waals surface area (Å²) in [5.74, 6) is 1.09. The van der Waals surface area contributed by atoms with Crippen LogP contribution < -0.4 is 9.64 Å². The number of hydrogen-bond donors (Lipinski definition) is 1. The molecule has 0 radical (unpaired) electrons. The highest BCUT2D eigenvalue weighted by Crippen LogP contribution is 2.37. The number of aliphatic hydroxyl groups is 1. The van der Waals surface area contributed by atoms with E-state index in [2.05, 4.69) is 32.5 Å². The Labute approximate surface area is 238 Å². The number of piperidine rings is 1. The Morgan fingerprint density at radius 3 is 2.66 bits per heavy atom. The first kappa shape index (κ1) is 28.3. The molecule has 0 aromatic carbocycles. The van der Waals surface area contributed by atoms with E-state index < -0.39 is 11.4 Å². The molecule has 2 bridgehead atoms. The summed E-state index contributed by atoms with van der Waals surface area (Å²) in [5.41, 5.74) is 2.04. The average molecular weight is 560 g/mol. The van der Waals surface area contributed by atoms with Crippen molar-refractivity contribution < 1.29 is 19.0 Å². The van der Waals surface area contributed by atoms with E-state index in [9.17, 15) is 14.8 Å². The number of pyridine rings is 2. The first-order chi connectivity index (χ1) is 19.6. The summed E-state index contributed by atoms with van der Waals surface area (Å²) < 4.78 is 27.0. The number of rotatable bonds is 10.